The second-order valence-electron chi connectivity index (χ2n) is 7.38. The minimum Gasteiger partial charge on any atom is -0.338 e. The van der Waals surface area contributed by atoms with Gasteiger partial charge in [-0.15, -0.1) is 0 Å². The van der Waals surface area contributed by atoms with E-state index in [-0.39, 0.29) is 17.9 Å². The molecule has 0 spiro atoms. The number of para-hydroxylation sites is 1. The van der Waals surface area contributed by atoms with Crippen LogP contribution in [-0.2, 0) is 11.3 Å². The Morgan fingerprint density at radius 2 is 1.78 bits per heavy atom. The Bertz CT molecular complexity index is 843. The number of urea groups is 1. The smallest absolute Gasteiger partial charge is 0.319 e. The van der Waals surface area contributed by atoms with Gasteiger partial charge in [-0.3, -0.25) is 4.79 Å². The van der Waals surface area contributed by atoms with Crippen molar-refractivity contribution in [3.63, 3.8) is 0 Å². The third-order valence-corrected chi connectivity index (χ3v) is 5.09. The third kappa shape index (κ3) is 4.18. The fourth-order valence-corrected chi connectivity index (χ4v) is 3.57. The molecular formula is C20H27N5O2. The lowest BCUT2D eigenvalue weighted by Gasteiger charge is -2.34. The second kappa shape index (κ2) is 7.90. The first-order chi connectivity index (χ1) is 12.9. The number of carbonyl (C=O) groups is 2. The van der Waals surface area contributed by atoms with Crippen molar-refractivity contribution in [1.82, 2.24) is 24.7 Å². The molecule has 1 aromatic carbocycles. The number of likely N-dealkylation sites (tertiary alicyclic amines) is 1. The molecule has 3 amide bonds. The molecule has 1 fully saturated rings. The maximum absolute atomic E-state index is 12.8. The fraction of sp³-hybridized carbons (Fsp3) is 0.500. The van der Waals surface area contributed by atoms with Crippen molar-refractivity contribution >= 4 is 22.8 Å². The van der Waals surface area contributed by atoms with Crippen LogP contribution in [0.1, 0.15) is 24.4 Å². The molecule has 1 saturated heterocycles. The van der Waals surface area contributed by atoms with Crippen molar-refractivity contribution in [2.24, 2.45) is 5.92 Å². The molecule has 0 atom stereocenters. The number of carbonyl (C=O) groups excluding carboxylic acids is 2. The molecule has 1 aliphatic rings. The number of piperidine rings is 1. The van der Waals surface area contributed by atoms with Crippen LogP contribution in [0.3, 0.4) is 0 Å². The van der Waals surface area contributed by atoms with E-state index in [1.165, 1.54) is 0 Å². The first-order valence-electron chi connectivity index (χ1n) is 9.30. The summed E-state index contributed by atoms with van der Waals surface area (Å²) in [5.74, 6) is 0.700. The molecule has 3 rings (SSSR count). The van der Waals surface area contributed by atoms with E-state index in [0.29, 0.717) is 38.3 Å². The van der Waals surface area contributed by atoms with Crippen molar-refractivity contribution < 1.29 is 9.59 Å². The summed E-state index contributed by atoms with van der Waals surface area (Å²) < 4.78 is 0. The minimum absolute atomic E-state index is 0.00860. The van der Waals surface area contributed by atoms with Crippen LogP contribution in [0.25, 0.3) is 10.9 Å². The maximum Gasteiger partial charge on any atom is 0.319 e. The monoisotopic (exact) mass is 369 g/mol. The van der Waals surface area contributed by atoms with Crippen LogP contribution in [0.4, 0.5) is 4.79 Å². The largest absolute Gasteiger partial charge is 0.338 e. The number of amides is 3. The van der Waals surface area contributed by atoms with E-state index in [9.17, 15) is 9.59 Å². The number of rotatable bonds is 3. The lowest BCUT2D eigenvalue weighted by atomic mass is 9.95. The average Bonchev–Trinajstić information content (AvgIpc) is 2.67. The molecule has 0 unspecified atom stereocenters. The number of aryl methyl sites for hydroxylation is 1. The maximum atomic E-state index is 12.8. The summed E-state index contributed by atoms with van der Waals surface area (Å²) in [7, 11) is 5.30. The van der Waals surface area contributed by atoms with Gasteiger partial charge in [0.05, 0.1) is 12.1 Å². The van der Waals surface area contributed by atoms with Gasteiger partial charge in [0.25, 0.3) is 0 Å². The van der Waals surface area contributed by atoms with E-state index in [0.717, 1.165) is 16.6 Å². The standard InChI is InChI=1S/C20H27N5O2/c1-14-16-7-5-6-8-17(16)22-18(21-14)13-24(4)19(26)15-9-11-25(12-10-15)20(27)23(2)3/h5-8,15H,9-13H2,1-4H3. The molecule has 0 radical (unpaired) electrons. The van der Waals surface area contributed by atoms with E-state index in [1.54, 1.807) is 35.8 Å². The Morgan fingerprint density at radius 1 is 1.11 bits per heavy atom. The van der Waals surface area contributed by atoms with Crippen LogP contribution in [0.15, 0.2) is 24.3 Å². The van der Waals surface area contributed by atoms with Gasteiger partial charge in [0.2, 0.25) is 5.91 Å². The fourth-order valence-electron chi connectivity index (χ4n) is 3.57. The van der Waals surface area contributed by atoms with Gasteiger partial charge in [-0.2, -0.15) is 0 Å². The molecule has 27 heavy (non-hydrogen) atoms. The highest BCUT2D eigenvalue weighted by molar-refractivity contribution is 5.81. The first-order valence-corrected chi connectivity index (χ1v) is 9.30. The number of nitrogens with zero attached hydrogens (tertiary/aromatic N) is 5. The number of hydrogen-bond acceptors (Lipinski definition) is 4. The Labute approximate surface area is 160 Å². The molecule has 2 aromatic rings. The number of fused-ring (bicyclic) bond motifs is 1. The van der Waals surface area contributed by atoms with Crippen LogP contribution >= 0.6 is 0 Å². The summed E-state index contributed by atoms with van der Waals surface area (Å²) in [4.78, 5) is 39.1. The second-order valence-corrected chi connectivity index (χ2v) is 7.38. The Balaban J connectivity index is 1.62. The highest BCUT2D eigenvalue weighted by Gasteiger charge is 2.29. The number of benzene rings is 1. The van der Waals surface area contributed by atoms with Crippen molar-refractivity contribution in [2.75, 3.05) is 34.2 Å². The highest BCUT2D eigenvalue weighted by atomic mass is 16.2. The summed E-state index contributed by atoms with van der Waals surface area (Å²) in [6, 6.07) is 7.91. The first kappa shape index (κ1) is 19.1. The lowest BCUT2D eigenvalue weighted by molar-refractivity contribution is -0.136. The average molecular weight is 369 g/mol. The highest BCUT2D eigenvalue weighted by Crippen LogP contribution is 2.21. The van der Waals surface area contributed by atoms with E-state index < -0.39 is 0 Å². The van der Waals surface area contributed by atoms with Gasteiger partial charge in [0.1, 0.15) is 5.82 Å². The van der Waals surface area contributed by atoms with E-state index in [1.807, 2.05) is 31.2 Å². The summed E-state index contributed by atoms with van der Waals surface area (Å²) in [6.45, 7) is 3.59. The van der Waals surface area contributed by atoms with Crippen molar-refractivity contribution in [3.05, 3.63) is 35.8 Å². The number of hydrogen-bond donors (Lipinski definition) is 0. The van der Waals surface area contributed by atoms with Crippen LogP contribution < -0.4 is 0 Å². The topological polar surface area (TPSA) is 69.6 Å². The lowest BCUT2D eigenvalue weighted by Crippen LogP contribution is -2.46. The Morgan fingerprint density at radius 3 is 2.44 bits per heavy atom. The Kier molecular flexibility index (Phi) is 5.58. The van der Waals surface area contributed by atoms with Gasteiger partial charge in [-0.05, 0) is 25.8 Å². The van der Waals surface area contributed by atoms with Crippen LogP contribution in [0.2, 0.25) is 0 Å². The van der Waals surface area contributed by atoms with Gasteiger partial charge in [0, 0.05) is 51.2 Å². The van der Waals surface area contributed by atoms with E-state index in [4.69, 9.17) is 0 Å². The van der Waals surface area contributed by atoms with Crippen LogP contribution in [-0.4, -0.2) is 70.8 Å². The molecule has 144 valence electrons. The summed E-state index contributed by atoms with van der Waals surface area (Å²) in [6.07, 6.45) is 1.39. The van der Waals surface area contributed by atoms with Crippen molar-refractivity contribution in [2.45, 2.75) is 26.3 Å². The normalized spacial score (nSPS) is 15.0. The van der Waals surface area contributed by atoms with Crippen molar-refractivity contribution in [3.8, 4) is 0 Å². The number of aromatic nitrogens is 2. The molecule has 1 aliphatic heterocycles. The quantitative estimate of drug-likeness (QED) is 0.832. The molecule has 0 saturated carbocycles. The van der Waals surface area contributed by atoms with E-state index in [2.05, 4.69) is 9.97 Å². The van der Waals surface area contributed by atoms with Crippen molar-refractivity contribution in [1.29, 1.82) is 0 Å². The zero-order valence-electron chi connectivity index (χ0n) is 16.5. The molecule has 7 nitrogen and oxygen atoms in total. The predicted octanol–water partition coefficient (Wildman–Crippen LogP) is 2.29. The SMILES string of the molecule is Cc1nc(CN(C)C(=O)C2CCN(C(=O)N(C)C)CC2)nc2ccccc12. The predicted molar refractivity (Wildman–Crippen MR) is 104 cm³/mol. The van der Waals surface area contributed by atoms with Crippen LogP contribution in [0.5, 0.6) is 0 Å². The van der Waals surface area contributed by atoms with Gasteiger partial charge in [-0.25, -0.2) is 14.8 Å². The Hall–Kier alpha value is -2.70. The summed E-state index contributed by atoms with van der Waals surface area (Å²) in [5.41, 5.74) is 1.82. The summed E-state index contributed by atoms with van der Waals surface area (Å²) in [5, 5.41) is 1.04. The minimum atomic E-state index is -0.0530. The molecule has 0 aliphatic carbocycles. The van der Waals surface area contributed by atoms with Gasteiger partial charge in [0.15, 0.2) is 0 Å². The zero-order valence-corrected chi connectivity index (χ0v) is 16.5. The third-order valence-electron chi connectivity index (χ3n) is 5.09. The molecule has 0 N–H and O–H groups in total. The molecule has 0 bridgehead atoms. The van der Waals surface area contributed by atoms with Gasteiger partial charge >= 0.3 is 6.03 Å². The molecule has 7 heteroatoms. The van der Waals surface area contributed by atoms with Gasteiger partial charge < -0.3 is 14.7 Å². The van der Waals surface area contributed by atoms with Gasteiger partial charge in [-0.1, -0.05) is 18.2 Å². The van der Waals surface area contributed by atoms with Crippen LogP contribution in [0, 0.1) is 12.8 Å². The summed E-state index contributed by atoms with van der Waals surface area (Å²) >= 11 is 0. The van der Waals surface area contributed by atoms with E-state index >= 15 is 0 Å². The molecule has 1 aromatic heterocycles. The zero-order chi connectivity index (χ0) is 19.6. The molecular weight excluding hydrogens is 342 g/mol. The molecule has 2 heterocycles.